The van der Waals surface area contributed by atoms with Gasteiger partial charge in [0.15, 0.2) is 5.78 Å². The second-order valence-electron chi connectivity index (χ2n) is 6.11. The molecule has 1 heterocycles. The van der Waals surface area contributed by atoms with Gasteiger partial charge in [-0.15, -0.1) is 0 Å². The molecule has 0 saturated heterocycles. The van der Waals surface area contributed by atoms with Crippen molar-refractivity contribution >= 4 is 39.7 Å². The van der Waals surface area contributed by atoms with Crippen molar-refractivity contribution in [3.8, 4) is 0 Å². The van der Waals surface area contributed by atoms with E-state index in [9.17, 15) is 4.79 Å². The number of hydrogen-bond acceptors (Lipinski definition) is 3. The van der Waals surface area contributed by atoms with Crippen LogP contribution in [0.25, 0.3) is 21.7 Å². The zero-order valence-electron chi connectivity index (χ0n) is 14.8. The molecule has 0 aliphatic heterocycles. The van der Waals surface area contributed by atoms with E-state index in [4.69, 9.17) is 16.6 Å². The summed E-state index contributed by atoms with van der Waals surface area (Å²) in [6, 6.07) is 13.8. The molecule has 5 rings (SSSR count). The summed E-state index contributed by atoms with van der Waals surface area (Å²) in [4.78, 5) is 12.6. The van der Waals surface area contributed by atoms with Crippen LogP contribution in [0, 0.1) is 17.5 Å². The van der Waals surface area contributed by atoms with E-state index < -0.39 is 0 Å². The van der Waals surface area contributed by atoms with E-state index in [1.165, 1.54) is 0 Å². The SMILES string of the molecule is O=C(C1=C[CH]C=C1)c1cc2c(ccc3ccccc32)oc1=S.[CH]1C=CC=C1.[Fe]. The molecule has 28 heavy (non-hydrogen) atoms. The van der Waals surface area contributed by atoms with Gasteiger partial charge in [0.05, 0.1) is 5.56 Å². The molecule has 0 spiro atoms. The molecule has 0 unspecified atom stereocenters. The molecule has 4 heteroatoms. The van der Waals surface area contributed by atoms with Gasteiger partial charge < -0.3 is 4.42 Å². The minimum Gasteiger partial charge on any atom is -0.444 e. The van der Waals surface area contributed by atoms with Crippen LogP contribution in [0.3, 0.4) is 0 Å². The Hall–Kier alpha value is -2.52. The molecule has 138 valence electrons. The molecule has 2 aliphatic carbocycles. The van der Waals surface area contributed by atoms with Crippen molar-refractivity contribution in [2.24, 2.45) is 0 Å². The van der Waals surface area contributed by atoms with E-state index in [1.807, 2.05) is 85.7 Å². The molecule has 2 aromatic carbocycles. The van der Waals surface area contributed by atoms with E-state index in [-0.39, 0.29) is 27.6 Å². The third kappa shape index (κ3) is 4.15. The Morgan fingerprint density at radius 3 is 2.32 bits per heavy atom. The molecule has 0 bridgehead atoms. The van der Waals surface area contributed by atoms with Crippen LogP contribution in [0.2, 0.25) is 0 Å². The van der Waals surface area contributed by atoms with E-state index >= 15 is 0 Å². The standard InChI is InChI=1S/C19H11O2S.C5H5.Fe/c20-18(13-6-1-2-7-13)16-11-15-14-8-4-3-5-12(14)9-10-17(15)21-19(16)22;1-2-4-5-3-1;/h1-11H;1-5H;. The number of fused-ring (bicyclic) bond motifs is 3. The fraction of sp³-hybridized carbons (Fsp3) is 0. The zero-order valence-corrected chi connectivity index (χ0v) is 16.7. The maximum Gasteiger partial charge on any atom is 0.202 e. The maximum atomic E-state index is 12.6. The fourth-order valence-electron chi connectivity index (χ4n) is 3.03. The first-order valence-corrected chi connectivity index (χ1v) is 9.03. The van der Waals surface area contributed by atoms with Crippen molar-refractivity contribution in [3.63, 3.8) is 0 Å². The molecule has 1 aromatic heterocycles. The van der Waals surface area contributed by atoms with Gasteiger partial charge in [-0.1, -0.05) is 72.9 Å². The average molecular weight is 424 g/mol. The second kappa shape index (κ2) is 9.11. The summed E-state index contributed by atoms with van der Waals surface area (Å²) in [6.07, 6.45) is 17.2. The largest absolute Gasteiger partial charge is 0.444 e. The topological polar surface area (TPSA) is 30.2 Å². The number of allylic oxidation sites excluding steroid dienone is 8. The van der Waals surface area contributed by atoms with Gasteiger partial charge in [-0.3, -0.25) is 4.79 Å². The van der Waals surface area contributed by atoms with E-state index in [2.05, 4.69) is 0 Å². The molecule has 0 N–H and O–H groups in total. The van der Waals surface area contributed by atoms with Gasteiger partial charge in [0.1, 0.15) is 5.58 Å². The average Bonchev–Trinajstić information content (AvgIpc) is 3.43. The number of benzene rings is 2. The molecular weight excluding hydrogens is 408 g/mol. The minimum atomic E-state index is -0.103. The monoisotopic (exact) mass is 424 g/mol. The number of carbonyl (C=O) groups is 1. The van der Waals surface area contributed by atoms with Crippen molar-refractivity contribution < 1.29 is 26.3 Å². The van der Waals surface area contributed by atoms with Crippen LogP contribution < -0.4 is 0 Å². The van der Waals surface area contributed by atoms with Gasteiger partial charge in [0.25, 0.3) is 0 Å². The second-order valence-corrected chi connectivity index (χ2v) is 6.48. The van der Waals surface area contributed by atoms with Gasteiger partial charge in [0, 0.05) is 40.9 Å². The Kier molecular flexibility index (Phi) is 6.58. The molecular formula is C24H16FeO2S. The van der Waals surface area contributed by atoms with E-state index in [0.717, 1.165) is 16.2 Å². The van der Waals surface area contributed by atoms with Crippen LogP contribution in [-0.4, -0.2) is 5.78 Å². The predicted molar refractivity (Wildman–Crippen MR) is 113 cm³/mol. The van der Waals surface area contributed by atoms with Crippen molar-refractivity contribution in [1.82, 2.24) is 0 Å². The summed E-state index contributed by atoms with van der Waals surface area (Å²) in [5, 5.41) is 3.06. The first kappa shape index (κ1) is 20.2. The Labute approximate surface area is 179 Å². The molecule has 3 aromatic rings. The predicted octanol–water partition coefficient (Wildman–Crippen LogP) is 6.51. The summed E-state index contributed by atoms with van der Waals surface area (Å²) in [7, 11) is 0. The smallest absolute Gasteiger partial charge is 0.202 e. The summed E-state index contributed by atoms with van der Waals surface area (Å²) in [5.74, 6) is -0.103. The van der Waals surface area contributed by atoms with Gasteiger partial charge in [-0.25, -0.2) is 0 Å². The number of ketones is 1. The molecule has 2 radical (unpaired) electrons. The summed E-state index contributed by atoms with van der Waals surface area (Å²) >= 11 is 5.26. The van der Waals surface area contributed by atoms with Gasteiger partial charge in [-0.2, -0.15) is 0 Å². The van der Waals surface area contributed by atoms with Crippen LogP contribution in [0.4, 0.5) is 0 Å². The van der Waals surface area contributed by atoms with Crippen molar-refractivity contribution in [1.29, 1.82) is 0 Å². The van der Waals surface area contributed by atoms with Crippen LogP contribution in [0.1, 0.15) is 10.4 Å². The molecule has 0 saturated carbocycles. The summed E-state index contributed by atoms with van der Waals surface area (Å²) < 4.78 is 5.94. The molecule has 0 atom stereocenters. The van der Waals surface area contributed by atoms with Gasteiger partial charge in [-0.05, 0) is 35.1 Å². The Balaban J connectivity index is 0.000000329. The van der Waals surface area contributed by atoms with Crippen LogP contribution in [-0.2, 0) is 17.1 Å². The van der Waals surface area contributed by atoms with E-state index in [1.54, 1.807) is 12.2 Å². The number of rotatable bonds is 2. The first-order chi connectivity index (χ1) is 13.2. The Bertz CT molecular complexity index is 1200. The van der Waals surface area contributed by atoms with Gasteiger partial charge in [0.2, 0.25) is 4.71 Å². The quantitative estimate of drug-likeness (QED) is 0.203. The maximum absolute atomic E-state index is 12.6. The number of Topliss-reactive ketones (excluding diaryl/α,β-unsaturated/α-hetero) is 1. The Morgan fingerprint density at radius 2 is 1.64 bits per heavy atom. The Morgan fingerprint density at radius 1 is 0.857 bits per heavy atom. The molecule has 0 fully saturated rings. The number of carbonyl (C=O) groups excluding carboxylic acids is 1. The van der Waals surface area contributed by atoms with Crippen LogP contribution >= 0.6 is 12.2 Å². The van der Waals surface area contributed by atoms with Crippen molar-refractivity contribution in [2.75, 3.05) is 0 Å². The van der Waals surface area contributed by atoms with Crippen molar-refractivity contribution in [2.45, 2.75) is 0 Å². The van der Waals surface area contributed by atoms with Gasteiger partial charge >= 0.3 is 0 Å². The van der Waals surface area contributed by atoms with Crippen LogP contribution in [0.5, 0.6) is 0 Å². The normalized spacial score (nSPS) is 13.9. The first-order valence-electron chi connectivity index (χ1n) is 8.63. The third-order valence-electron chi connectivity index (χ3n) is 4.37. The van der Waals surface area contributed by atoms with Crippen molar-refractivity contribution in [3.05, 3.63) is 114 Å². The molecule has 2 nitrogen and oxygen atoms in total. The molecule has 2 aliphatic rings. The zero-order chi connectivity index (χ0) is 18.6. The van der Waals surface area contributed by atoms with Crippen LogP contribution in [0.15, 0.2) is 95.0 Å². The van der Waals surface area contributed by atoms with E-state index in [0.29, 0.717) is 16.7 Å². The minimum absolute atomic E-state index is 0. The number of hydrogen-bond donors (Lipinski definition) is 0. The summed E-state index contributed by atoms with van der Waals surface area (Å²) in [6.45, 7) is 0. The fourth-order valence-corrected chi connectivity index (χ4v) is 3.27. The summed E-state index contributed by atoms with van der Waals surface area (Å²) in [5.41, 5.74) is 1.76. The third-order valence-corrected chi connectivity index (χ3v) is 4.67. The molecule has 0 amide bonds.